The first kappa shape index (κ1) is 22.0. The minimum Gasteiger partial charge on any atom is -0.494 e. The number of para-hydroxylation sites is 1. The number of carbonyl (C=O) groups excluding carboxylic acids is 1. The van der Waals surface area contributed by atoms with E-state index < -0.39 is 0 Å². The van der Waals surface area contributed by atoms with Gasteiger partial charge in [-0.1, -0.05) is 12.1 Å². The molecule has 8 heteroatoms. The zero-order valence-electron chi connectivity index (χ0n) is 18.7. The maximum atomic E-state index is 12.2. The number of pyridine rings is 1. The molecule has 33 heavy (non-hydrogen) atoms. The van der Waals surface area contributed by atoms with Crippen LogP contribution in [0.5, 0.6) is 5.75 Å². The van der Waals surface area contributed by atoms with Gasteiger partial charge in [-0.05, 0) is 37.1 Å². The van der Waals surface area contributed by atoms with Crippen LogP contribution in [0, 0.1) is 11.3 Å². The van der Waals surface area contributed by atoms with Crippen molar-refractivity contribution in [1.82, 2.24) is 10.3 Å². The third kappa shape index (κ3) is 4.83. The number of amides is 1. The highest BCUT2D eigenvalue weighted by Crippen LogP contribution is 2.34. The number of rotatable bonds is 7. The first-order chi connectivity index (χ1) is 16.1. The Labute approximate surface area is 193 Å². The molecular weight excluding hydrogens is 416 g/mol. The number of hydrogen-bond acceptors (Lipinski definition) is 7. The van der Waals surface area contributed by atoms with E-state index in [0.717, 1.165) is 24.5 Å². The summed E-state index contributed by atoms with van der Waals surface area (Å²) in [6.45, 7) is 2.11. The van der Waals surface area contributed by atoms with Crippen LogP contribution in [-0.2, 0) is 0 Å². The van der Waals surface area contributed by atoms with E-state index in [9.17, 15) is 10.1 Å². The van der Waals surface area contributed by atoms with Crippen molar-refractivity contribution in [2.24, 2.45) is 0 Å². The molecule has 1 aliphatic heterocycles. The number of aromatic nitrogens is 1. The molecular formula is C25H26N6O2. The van der Waals surface area contributed by atoms with Gasteiger partial charge >= 0.3 is 0 Å². The van der Waals surface area contributed by atoms with Crippen molar-refractivity contribution < 1.29 is 9.53 Å². The molecule has 3 N–H and O–H groups in total. The number of methoxy groups -OCH3 is 1. The van der Waals surface area contributed by atoms with Gasteiger partial charge < -0.3 is 25.6 Å². The second kappa shape index (κ2) is 9.92. The number of benzene rings is 2. The van der Waals surface area contributed by atoms with Gasteiger partial charge in [-0.3, -0.25) is 4.79 Å². The van der Waals surface area contributed by atoms with Gasteiger partial charge in [0.15, 0.2) is 0 Å². The van der Waals surface area contributed by atoms with Gasteiger partial charge in [-0.15, -0.1) is 0 Å². The molecule has 0 saturated carbocycles. The van der Waals surface area contributed by atoms with Crippen molar-refractivity contribution in [3.05, 3.63) is 65.9 Å². The Morgan fingerprint density at radius 2 is 1.85 bits per heavy atom. The minimum absolute atomic E-state index is 0.216. The van der Waals surface area contributed by atoms with Crippen LogP contribution in [0.25, 0.3) is 0 Å². The van der Waals surface area contributed by atoms with Crippen LogP contribution in [0.4, 0.5) is 28.6 Å². The van der Waals surface area contributed by atoms with Crippen LogP contribution in [0.1, 0.15) is 28.8 Å². The van der Waals surface area contributed by atoms with Gasteiger partial charge in [0, 0.05) is 44.2 Å². The largest absolute Gasteiger partial charge is 0.494 e. The highest BCUT2D eigenvalue weighted by atomic mass is 16.5. The van der Waals surface area contributed by atoms with E-state index in [0.29, 0.717) is 34.1 Å². The smallest absolute Gasteiger partial charge is 0.253 e. The van der Waals surface area contributed by atoms with Crippen LogP contribution in [0.2, 0.25) is 0 Å². The second-order valence-electron chi connectivity index (χ2n) is 7.68. The van der Waals surface area contributed by atoms with E-state index in [1.165, 1.54) is 19.0 Å². The summed E-state index contributed by atoms with van der Waals surface area (Å²) in [4.78, 5) is 18.9. The Morgan fingerprint density at radius 1 is 1.06 bits per heavy atom. The number of nitrogens with zero attached hydrogens (tertiary/aromatic N) is 3. The number of nitriles is 1. The standard InChI is InChI=1S/C25H26N6O2/c1-27-25(32)19-7-3-4-8-20(19)29-22-14-24(28-16-17(22)15-26)30-21-10-9-18(13-23(21)33-2)31-11-5-6-12-31/h3-4,7-10,13-14,16H,5-6,11-12H2,1-2H3,(H,27,32)(H2,28,29,30). The molecule has 0 atom stereocenters. The van der Waals surface area contributed by atoms with Gasteiger partial charge in [0.2, 0.25) is 0 Å². The molecule has 1 saturated heterocycles. The van der Waals surface area contributed by atoms with Crippen molar-refractivity contribution in [2.75, 3.05) is 42.8 Å². The van der Waals surface area contributed by atoms with Gasteiger partial charge in [0.1, 0.15) is 17.6 Å². The second-order valence-corrected chi connectivity index (χ2v) is 7.68. The quantitative estimate of drug-likeness (QED) is 0.498. The Kier molecular flexibility index (Phi) is 6.60. The summed E-state index contributed by atoms with van der Waals surface area (Å²) in [5.41, 5.74) is 3.89. The maximum absolute atomic E-state index is 12.2. The number of hydrogen-bond donors (Lipinski definition) is 3. The molecule has 0 bridgehead atoms. The van der Waals surface area contributed by atoms with Gasteiger partial charge in [-0.2, -0.15) is 5.26 Å². The predicted octanol–water partition coefficient (Wildman–Crippen LogP) is 4.41. The molecule has 2 aromatic carbocycles. The summed E-state index contributed by atoms with van der Waals surface area (Å²) in [6.07, 6.45) is 3.91. The molecule has 0 spiro atoms. The van der Waals surface area contributed by atoms with Crippen molar-refractivity contribution in [3.63, 3.8) is 0 Å². The minimum atomic E-state index is -0.216. The summed E-state index contributed by atoms with van der Waals surface area (Å²) >= 11 is 0. The Bertz CT molecular complexity index is 1200. The molecule has 0 radical (unpaired) electrons. The SMILES string of the molecule is CNC(=O)c1ccccc1Nc1cc(Nc2ccc(N3CCCC3)cc2OC)ncc1C#N. The molecule has 1 amide bonds. The van der Waals surface area contributed by atoms with Crippen LogP contribution >= 0.6 is 0 Å². The van der Waals surface area contributed by atoms with Gasteiger partial charge in [0.05, 0.1) is 35.3 Å². The normalized spacial score (nSPS) is 12.7. The highest BCUT2D eigenvalue weighted by Gasteiger charge is 2.16. The average Bonchev–Trinajstić information content (AvgIpc) is 3.39. The fraction of sp³-hybridized carbons (Fsp3) is 0.240. The van der Waals surface area contributed by atoms with Crippen LogP contribution in [0.15, 0.2) is 54.7 Å². The van der Waals surface area contributed by atoms with Crippen molar-refractivity contribution in [1.29, 1.82) is 5.26 Å². The predicted molar refractivity (Wildman–Crippen MR) is 130 cm³/mol. The van der Waals surface area contributed by atoms with Crippen molar-refractivity contribution in [3.8, 4) is 11.8 Å². The van der Waals surface area contributed by atoms with Gasteiger partial charge in [0.25, 0.3) is 5.91 Å². The van der Waals surface area contributed by atoms with E-state index in [1.807, 2.05) is 18.2 Å². The molecule has 4 rings (SSSR count). The van der Waals surface area contributed by atoms with E-state index in [1.54, 1.807) is 38.4 Å². The summed E-state index contributed by atoms with van der Waals surface area (Å²) < 4.78 is 5.61. The van der Waals surface area contributed by atoms with Gasteiger partial charge in [-0.25, -0.2) is 4.98 Å². The number of carbonyl (C=O) groups is 1. The zero-order valence-corrected chi connectivity index (χ0v) is 18.7. The molecule has 1 fully saturated rings. The van der Waals surface area contributed by atoms with Crippen LogP contribution < -0.4 is 25.6 Å². The van der Waals surface area contributed by atoms with E-state index >= 15 is 0 Å². The lowest BCUT2D eigenvalue weighted by Gasteiger charge is -2.20. The Morgan fingerprint density at radius 3 is 2.58 bits per heavy atom. The van der Waals surface area contributed by atoms with E-state index in [4.69, 9.17) is 4.74 Å². The highest BCUT2D eigenvalue weighted by molar-refractivity contribution is 6.00. The average molecular weight is 443 g/mol. The Balaban J connectivity index is 1.62. The topological polar surface area (TPSA) is 102 Å². The summed E-state index contributed by atoms with van der Waals surface area (Å²) in [5, 5.41) is 18.7. The third-order valence-corrected chi connectivity index (χ3v) is 5.61. The van der Waals surface area contributed by atoms with Crippen molar-refractivity contribution in [2.45, 2.75) is 12.8 Å². The lowest BCUT2D eigenvalue weighted by atomic mass is 10.1. The van der Waals surface area contributed by atoms with E-state index in [-0.39, 0.29) is 5.91 Å². The number of ether oxygens (including phenoxy) is 1. The molecule has 168 valence electrons. The summed E-state index contributed by atoms with van der Waals surface area (Å²) in [6, 6.07) is 17.1. The number of nitrogens with one attached hydrogen (secondary N) is 3. The van der Waals surface area contributed by atoms with Crippen LogP contribution in [-0.4, -0.2) is 38.1 Å². The fourth-order valence-corrected chi connectivity index (χ4v) is 3.88. The maximum Gasteiger partial charge on any atom is 0.253 e. The van der Waals surface area contributed by atoms with Crippen molar-refractivity contribution >= 4 is 34.5 Å². The third-order valence-electron chi connectivity index (χ3n) is 5.61. The summed E-state index contributed by atoms with van der Waals surface area (Å²) in [7, 11) is 3.22. The molecule has 3 aromatic rings. The lowest BCUT2D eigenvalue weighted by Crippen LogP contribution is -2.19. The fourth-order valence-electron chi connectivity index (χ4n) is 3.88. The first-order valence-electron chi connectivity index (χ1n) is 10.8. The molecule has 0 unspecified atom stereocenters. The van der Waals surface area contributed by atoms with Crippen LogP contribution in [0.3, 0.4) is 0 Å². The molecule has 0 aliphatic carbocycles. The molecule has 8 nitrogen and oxygen atoms in total. The zero-order chi connectivity index (χ0) is 23.2. The lowest BCUT2D eigenvalue weighted by molar-refractivity contribution is 0.0964. The molecule has 2 heterocycles. The molecule has 1 aromatic heterocycles. The first-order valence-corrected chi connectivity index (χ1v) is 10.8. The molecule has 1 aliphatic rings. The summed E-state index contributed by atoms with van der Waals surface area (Å²) in [5.74, 6) is 1.04. The Hall–Kier alpha value is -4.25. The monoisotopic (exact) mass is 442 g/mol. The number of anilines is 5. The van der Waals surface area contributed by atoms with E-state index in [2.05, 4.69) is 38.0 Å².